The Bertz CT molecular complexity index is 304. The van der Waals surface area contributed by atoms with Gasteiger partial charge in [0.1, 0.15) is 5.82 Å². The van der Waals surface area contributed by atoms with Gasteiger partial charge in [-0.25, -0.2) is 4.39 Å². The fourth-order valence-corrected chi connectivity index (χ4v) is 3.03. The minimum absolute atomic E-state index is 0.0740. The zero-order valence-electron chi connectivity index (χ0n) is 9.59. The van der Waals surface area contributed by atoms with Crippen molar-refractivity contribution in [1.82, 2.24) is 0 Å². The summed E-state index contributed by atoms with van der Waals surface area (Å²) in [6.07, 6.45) is 2.21. The Balaban J connectivity index is 2.51. The molecule has 1 unspecified atom stereocenters. The van der Waals surface area contributed by atoms with E-state index in [1.807, 2.05) is 23.9 Å². The Kier molecular flexibility index (Phi) is 7.13. The second kappa shape index (κ2) is 8.13. The van der Waals surface area contributed by atoms with Gasteiger partial charge in [-0.05, 0) is 41.9 Å². The minimum Gasteiger partial charge on any atom is -0.207 e. The largest absolute Gasteiger partial charge is 0.207 e. The summed E-state index contributed by atoms with van der Waals surface area (Å²) in [7, 11) is 0. The molecule has 0 radical (unpaired) electrons. The summed E-state index contributed by atoms with van der Waals surface area (Å²) in [5.41, 5.74) is 0.848. The van der Waals surface area contributed by atoms with Crippen LogP contribution in [0.3, 0.4) is 0 Å². The Hall–Kier alpha value is -0.0200. The van der Waals surface area contributed by atoms with Gasteiger partial charge in [0.05, 0.1) is 0 Å². The fourth-order valence-electron chi connectivity index (χ4n) is 1.70. The Morgan fingerprint density at radius 3 is 2.75 bits per heavy atom. The summed E-state index contributed by atoms with van der Waals surface area (Å²) in [5.74, 6) is 2.57. The summed E-state index contributed by atoms with van der Waals surface area (Å²) in [4.78, 5) is 0. The van der Waals surface area contributed by atoms with Crippen molar-refractivity contribution in [3.63, 3.8) is 0 Å². The highest BCUT2D eigenvalue weighted by atomic mass is 79.9. The average Bonchev–Trinajstić information content (AvgIpc) is 2.31. The average molecular weight is 305 g/mol. The van der Waals surface area contributed by atoms with Gasteiger partial charge in [-0.1, -0.05) is 41.1 Å². The van der Waals surface area contributed by atoms with Crippen LogP contribution in [0.5, 0.6) is 0 Å². The molecule has 0 aliphatic carbocycles. The second-order valence-electron chi connectivity index (χ2n) is 3.71. The molecule has 0 aliphatic rings. The third-order valence-corrected chi connectivity index (χ3v) is 4.34. The SMILES string of the molecule is CCSCCCC(CBr)c1ccccc1F. The molecule has 0 spiro atoms. The molecular weight excluding hydrogens is 287 g/mol. The lowest BCUT2D eigenvalue weighted by Crippen LogP contribution is -2.03. The molecule has 0 bridgehead atoms. The molecule has 16 heavy (non-hydrogen) atoms. The van der Waals surface area contributed by atoms with E-state index in [1.165, 1.54) is 11.5 Å². The van der Waals surface area contributed by atoms with Gasteiger partial charge in [0.2, 0.25) is 0 Å². The number of benzene rings is 1. The van der Waals surface area contributed by atoms with Gasteiger partial charge in [-0.2, -0.15) is 11.8 Å². The Morgan fingerprint density at radius 1 is 1.38 bits per heavy atom. The number of thioether (sulfide) groups is 1. The first-order chi connectivity index (χ1) is 7.79. The molecule has 1 aromatic rings. The lowest BCUT2D eigenvalue weighted by molar-refractivity contribution is 0.576. The summed E-state index contributed by atoms with van der Waals surface area (Å²) in [6, 6.07) is 7.10. The number of rotatable bonds is 7. The van der Waals surface area contributed by atoms with E-state index in [1.54, 1.807) is 12.1 Å². The summed E-state index contributed by atoms with van der Waals surface area (Å²) < 4.78 is 13.6. The molecule has 0 fully saturated rings. The smallest absolute Gasteiger partial charge is 0.126 e. The van der Waals surface area contributed by atoms with Crippen molar-refractivity contribution in [2.45, 2.75) is 25.7 Å². The van der Waals surface area contributed by atoms with Crippen LogP contribution < -0.4 is 0 Å². The maximum absolute atomic E-state index is 13.6. The molecular formula is C13H18BrFS. The summed E-state index contributed by atoms with van der Waals surface area (Å²) in [6.45, 7) is 2.17. The monoisotopic (exact) mass is 304 g/mol. The molecule has 0 N–H and O–H groups in total. The molecule has 0 saturated carbocycles. The lowest BCUT2D eigenvalue weighted by atomic mass is 9.96. The number of hydrogen-bond donors (Lipinski definition) is 0. The first-order valence-corrected chi connectivity index (χ1v) is 7.95. The van der Waals surface area contributed by atoms with E-state index in [0.29, 0.717) is 5.92 Å². The third-order valence-electron chi connectivity index (χ3n) is 2.58. The van der Waals surface area contributed by atoms with E-state index < -0.39 is 0 Å². The highest BCUT2D eigenvalue weighted by molar-refractivity contribution is 9.09. The molecule has 0 aromatic heterocycles. The number of alkyl halides is 1. The van der Waals surface area contributed by atoms with E-state index in [0.717, 1.165) is 23.7 Å². The van der Waals surface area contributed by atoms with Crippen molar-refractivity contribution in [2.75, 3.05) is 16.8 Å². The van der Waals surface area contributed by atoms with Gasteiger partial charge in [0.15, 0.2) is 0 Å². The van der Waals surface area contributed by atoms with E-state index in [9.17, 15) is 4.39 Å². The van der Waals surface area contributed by atoms with Crippen LogP contribution in [0.15, 0.2) is 24.3 Å². The zero-order chi connectivity index (χ0) is 11.8. The maximum atomic E-state index is 13.6. The van der Waals surface area contributed by atoms with Gasteiger partial charge in [0, 0.05) is 5.33 Å². The second-order valence-corrected chi connectivity index (χ2v) is 5.75. The Labute approximate surface area is 110 Å². The highest BCUT2D eigenvalue weighted by Crippen LogP contribution is 2.26. The van der Waals surface area contributed by atoms with Crippen LogP contribution in [-0.4, -0.2) is 16.8 Å². The molecule has 0 saturated heterocycles. The van der Waals surface area contributed by atoms with Crippen LogP contribution >= 0.6 is 27.7 Å². The van der Waals surface area contributed by atoms with Crippen molar-refractivity contribution < 1.29 is 4.39 Å². The van der Waals surface area contributed by atoms with Gasteiger partial charge in [0.25, 0.3) is 0 Å². The zero-order valence-corrected chi connectivity index (χ0v) is 12.0. The van der Waals surface area contributed by atoms with Gasteiger partial charge in [-0.3, -0.25) is 0 Å². The topological polar surface area (TPSA) is 0 Å². The third kappa shape index (κ3) is 4.46. The van der Waals surface area contributed by atoms with E-state index in [2.05, 4.69) is 22.9 Å². The molecule has 1 rings (SSSR count). The van der Waals surface area contributed by atoms with Crippen LogP contribution in [0.1, 0.15) is 31.2 Å². The molecule has 0 amide bonds. The maximum Gasteiger partial charge on any atom is 0.126 e. The van der Waals surface area contributed by atoms with Gasteiger partial charge in [-0.15, -0.1) is 0 Å². The first kappa shape index (κ1) is 14.0. The van der Waals surface area contributed by atoms with E-state index in [-0.39, 0.29) is 5.82 Å². The molecule has 90 valence electrons. The molecule has 0 aliphatic heterocycles. The molecule has 3 heteroatoms. The fraction of sp³-hybridized carbons (Fsp3) is 0.538. The van der Waals surface area contributed by atoms with Crippen molar-refractivity contribution in [1.29, 1.82) is 0 Å². The normalized spacial score (nSPS) is 12.7. The molecule has 1 atom stereocenters. The van der Waals surface area contributed by atoms with Gasteiger partial charge < -0.3 is 0 Å². The minimum atomic E-state index is -0.0740. The summed E-state index contributed by atoms with van der Waals surface area (Å²) >= 11 is 5.43. The molecule has 0 heterocycles. The van der Waals surface area contributed by atoms with Crippen molar-refractivity contribution in [3.8, 4) is 0 Å². The van der Waals surface area contributed by atoms with Crippen LogP contribution in [-0.2, 0) is 0 Å². The number of halogens is 2. The first-order valence-electron chi connectivity index (χ1n) is 5.67. The summed E-state index contributed by atoms with van der Waals surface area (Å²) in [5, 5.41) is 0.838. The van der Waals surface area contributed by atoms with Crippen LogP contribution in [0.25, 0.3) is 0 Å². The van der Waals surface area contributed by atoms with Crippen LogP contribution in [0, 0.1) is 5.82 Å². The molecule has 1 aromatic carbocycles. The van der Waals surface area contributed by atoms with E-state index in [4.69, 9.17) is 0 Å². The lowest BCUT2D eigenvalue weighted by Gasteiger charge is -2.14. The predicted molar refractivity (Wildman–Crippen MR) is 75.2 cm³/mol. The quantitative estimate of drug-likeness (QED) is 0.513. The van der Waals surface area contributed by atoms with Crippen molar-refractivity contribution in [3.05, 3.63) is 35.6 Å². The standard InChI is InChI=1S/C13H18BrFS/c1-2-16-9-5-6-11(10-14)12-7-3-4-8-13(12)15/h3-4,7-8,11H,2,5-6,9-10H2,1H3. The Morgan fingerprint density at radius 2 is 2.12 bits per heavy atom. The van der Waals surface area contributed by atoms with Crippen LogP contribution in [0.4, 0.5) is 4.39 Å². The molecule has 0 nitrogen and oxygen atoms in total. The van der Waals surface area contributed by atoms with E-state index >= 15 is 0 Å². The number of hydrogen-bond acceptors (Lipinski definition) is 1. The van der Waals surface area contributed by atoms with Gasteiger partial charge >= 0.3 is 0 Å². The predicted octanol–water partition coefficient (Wildman–Crippen LogP) is 4.84. The highest BCUT2D eigenvalue weighted by Gasteiger charge is 2.13. The van der Waals surface area contributed by atoms with Crippen molar-refractivity contribution >= 4 is 27.7 Å². The van der Waals surface area contributed by atoms with Crippen molar-refractivity contribution in [2.24, 2.45) is 0 Å². The van der Waals surface area contributed by atoms with Crippen LogP contribution in [0.2, 0.25) is 0 Å².